The number of aliphatic hydroxyl groups excluding tert-OH is 1. The van der Waals surface area contributed by atoms with Gasteiger partial charge in [-0.2, -0.15) is 0 Å². The molecule has 1 saturated carbocycles. The molecule has 1 aromatic heterocycles. The van der Waals surface area contributed by atoms with Crippen molar-refractivity contribution in [3.63, 3.8) is 0 Å². The summed E-state index contributed by atoms with van der Waals surface area (Å²) >= 11 is 6.12. The summed E-state index contributed by atoms with van der Waals surface area (Å²) in [6.07, 6.45) is 2.52. The number of halogens is 1. The molecule has 0 bridgehead atoms. The maximum absolute atomic E-state index is 12.8. The number of ketones is 1. The van der Waals surface area contributed by atoms with Gasteiger partial charge in [0.05, 0.1) is 37.7 Å². The van der Waals surface area contributed by atoms with Gasteiger partial charge in [-0.05, 0) is 44.4 Å². The highest BCUT2D eigenvalue weighted by Crippen LogP contribution is 2.34. The van der Waals surface area contributed by atoms with Gasteiger partial charge in [0, 0.05) is 34.4 Å². The van der Waals surface area contributed by atoms with Gasteiger partial charge in [0.2, 0.25) is 5.91 Å². The SMILES string of the molecule is Cc1nc(-c2ccc(Cl)cc2NC(=O)C2CC2)cc(=O)n1CC(=O)CCC1(CO)COC1. The Morgan fingerprint density at radius 1 is 1.31 bits per heavy atom. The number of anilines is 1. The first-order valence-corrected chi connectivity index (χ1v) is 11.1. The monoisotopic (exact) mass is 459 g/mol. The summed E-state index contributed by atoms with van der Waals surface area (Å²) in [7, 11) is 0. The molecule has 0 unspecified atom stereocenters. The van der Waals surface area contributed by atoms with Gasteiger partial charge in [-0.25, -0.2) is 4.98 Å². The molecule has 0 atom stereocenters. The number of rotatable bonds is 9. The van der Waals surface area contributed by atoms with E-state index in [0.717, 1.165) is 12.8 Å². The van der Waals surface area contributed by atoms with Gasteiger partial charge >= 0.3 is 0 Å². The second-order valence-corrected chi connectivity index (χ2v) is 9.19. The van der Waals surface area contributed by atoms with Gasteiger partial charge in [-0.15, -0.1) is 0 Å². The lowest BCUT2D eigenvalue weighted by Crippen LogP contribution is -2.46. The summed E-state index contributed by atoms with van der Waals surface area (Å²) in [6, 6.07) is 6.41. The molecule has 1 saturated heterocycles. The van der Waals surface area contributed by atoms with E-state index in [1.165, 1.54) is 10.6 Å². The zero-order valence-corrected chi connectivity index (χ0v) is 18.7. The van der Waals surface area contributed by atoms with Crippen molar-refractivity contribution in [1.29, 1.82) is 0 Å². The molecule has 0 spiro atoms. The summed E-state index contributed by atoms with van der Waals surface area (Å²) in [5, 5.41) is 12.9. The summed E-state index contributed by atoms with van der Waals surface area (Å²) in [5.74, 6) is 0.251. The molecule has 2 N–H and O–H groups in total. The van der Waals surface area contributed by atoms with Crippen molar-refractivity contribution in [2.45, 2.75) is 39.2 Å². The Bertz CT molecular complexity index is 1100. The second-order valence-electron chi connectivity index (χ2n) is 8.76. The molecule has 32 heavy (non-hydrogen) atoms. The first-order chi connectivity index (χ1) is 15.3. The van der Waals surface area contributed by atoms with E-state index in [4.69, 9.17) is 16.3 Å². The standard InChI is InChI=1S/C23H26ClN3O5/c1-14-25-20(18-5-4-16(24)8-19(18)26-22(31)15-2-3-15)9-21(30)27(14)10-17(29)6-7-23(11-28)12-32-13-23/h4-5,8-9,15,28H,2-3,6-7,10-13H2,1H3,(H,26,31). The molecule has 4 rings (SSSR count). The molecule has 1 aromatic carbocycles. The molecule has 1 aliphatic carbocycles. The Labute approximate surface area is 190 Å². The fourth-order valence-electron chi connectivity index (χ4n) is 3.74. The molecule has 1 aliphatic heterocycles. The number of aryl methyl sites for hydroxylation is 1. The number of hydrogen-bond acceptors (Lipinski definition) is 6. The highest BCUT2D eigenvalue weighted by atomic mass is 35.5. The van der Waals surface area contributed by atoms with Crippen LogP contribution in [-0.2, 0) is 20.9 Å². The number of hydrogen-bond donors (Lipinski definition) is 2. The third-order valence-electron chi connectivity index (χ3n) is 6.08. The van der Waals surface area contributed by atoms with E-state index in [1.807, 2.05) is 0 Å². The van der Waals surface area contributed by atoms with Crippen molar-refractivity contribution in [1.82, 2.24) is 9.55 Å². The van der Waals surface area contributed by atoms with Gasteiger partial charge in [0.1, 0.15) is 5.82 Å². The fourth-order valence-corrected chi connectivity index (χ4v) is 3.91. The zero-order chi connectivity index (χ0) is 22.9. The number of Topliss-reactive ketones (excluding diaryl/α,β-unsaturated/α-hetero) is 1. The van der Waals surface area contributed by atoms with Crippen molar-refractivity contribution in [3.05, 3.63) is 45.5 Å². The van der Waals surface area contributed by atoms with E-state index in [2.05, 4.69) is 10.3 Å². The van der Waals surface area contributed by atoms with E-state index >= 15 is 0 Å². The number of carbonyl (C=O) groups is 2. The van der Waals surface area contributed by atoms with Crippen LogP contribution in [0.15, 0.2) is 29.1 Å². The summed E-state index contributed by atoms with van der Waals surface area (Å²) in [5.41, 5.74) is 0.820. The van der Waals surface area contributed by atoms with Crippen molar-refractivity contribution in [2.75, 3.05) is 25.1 Å². The number of amides is 1. The van der Waals surface area contributed by atoms with E-state index < -0.39 is 0 Å². The molecule has 2 heterocycles. The summed E-state index contributed by atoms with van der Waals surface area (Å²) < 4.78 is 6.50. The van der Waals surface area contributed by atoms with E-state index in [1.54, 1.807) is 25.1 Å². The van der Waals surface area contributed by atoms with Crippen molar-refractivity contribution >= 4 is 29.0 Å². The van der Waals surface area contributed by atoms with Crippen LogP contribution < -0.4 is 10.9 Å². The number of aliphatic hydroxyl groups is 1. The second kappa shape index (κ2) is 9.13. The number of nitrogens with one attached hydrogen (secondary N) is 1. The van der Waals surface area contributed by atoms with Gasteiger partial charge < -0.3 is 15.2 Å². The van der Waals surface area contributed by atoms with Crippen molar-refractivity contribution in [2.24, 2.45) is 11.3 Å². The minimum Gasteiger partial charge on any atom is -0.396 e. The van der Waals surface area contributed by atoms with Gasteiger partial charge in [0.25, 0.3) is 5.56 Å². The van der Waals surface area contributed by atoms with Gasteiger partial charge in [-0.1, -0.05) is 11.6 Å². The molecule has 9 heteroatoms. The lowest BCUT2D eigenvalue weighted by atomic mass is 9.81. The van der Waals surface area contributed by atoms with Crippen LogP contribution in [0, 0.1) is 18.3 Å². The zero-order valence-electron chi connectivity index (χ0n) is 17.9. The Hall–Kier alpha value is -2.55. The number of nitrogens with zero attached hydrogens (tertiary/aromatic N) is 2. The normalized spacial score (nSPS) is 17.0. The topological polar surface area (TPSA) is 111 Å². The minimum absolute atomic E-state index is 0.0176. The lowest BCUT2D eigenvalue weighted by molar-refractivity contribution is -0.145. The maximum Gasteiger partial charge on any atom is 0.254 e. The van der Waals surface area contributed by atoms with Crippen LogP contribution in [0.25, 0.3) is 11.3 Å². The van der Waals surface area contributed by atoms with Crippen molar-refractivity contribution < 1.29 is 19.4 Å². The molecule has 2 aliphatic rings. The minimum atomic E-state index is -0.348. The van der Waals surface area contributed by atoms with Crippen LogP contribution in [0.4, 0.5) is 5.69 Å². The number of aromatic nitrogens is 2. The van der Waals surface area contributed by atoms with Crippen LogP contribution in [0.3, 0.4) is 0 Å². The summed E-state index contributed by atoms with van der Waals surface area (Å²) in [4.78, 5) is 42.1. The van der Waals surface area contributed by atoms with E-state index in [9.17, 15) is 19.5 Å². The third kappa shape index (κ3) is 4.92. The van der Waals surface area contributed by atoms with Crippen LogP contribution in [0.1, 0.15) is 31.5 Å². The molecule has 170 valence electrons. The molecule has 0 radical (unpaired) electrons. The average molecular weight is 460 g/mol. The third-order valence-corrected chi connectivity index (χ3v) is 6.32. The number of benzene rings is 1. The largest absolute Gasteiger partial charge is 0.396 e. The Kier molecular flexibility index (Phi) is 6.46. The van der Waals surface area contributed by atoms with Crippen LogP contribution in [0.2, 0.25) is 5.02 Å². The predicted molar refractivity (Wildman–Crippen MR) is 120 cm³/mol. The lowest BCUT2D eigenvalue weighted by Gasteiger charge is -2.39. The van der Waals surface area contributed by atoms with Crippen LogP contribution in [-0.4, -0.2) is 46.2 Å². The Morgan fingerprint density at radius 3 is 2.66 bits per heavy atom. The Balaban J connectivity index is 1.52. The molecular formula is C23H26ClN3O5. The molecule has 1 amide bonds. The molecule has 2 aromatic rings. The van der Waals surface area contributed by atoms with Crippen molar-refractivity contribution in [3.8, 4) is 11.3 Å². The maximum atomic E-state index is 12.8. The van der Waals surface area contributed by atoms with E-state index in [0.29, 0.717) is 47.4 Å². The van der Waals surface area contributed by atoms with E-state index in [-0.39, 0.29) is 48.2 Å². The molecule has 2 fully saturated rings. The highest BCUT2D eigenvalue weighted by molar-refractivity contribution is 6.31. The van der Waals surface area contributed by atoms with Gasteiger partial charge in [-0.3, -0.25) is 19.0 Å². The van der Waals surface area contributed by atoms with Crippen LogP contribution >= 0.6 is 11.6 Å². The smallest absolute Gasteiger partial charge is 0.254 e. The predicted octanol–water partition coefficient (Wildman–Crippen LogP) is 2.58. The highest BCUT2D eigenvalue weighted by Gasteiger charge is 2.38. The fraction of sp³-hybridized carbons (Fsp3) is 0.478. The number of carbonyl (C=O) groups excluding carboxylic acids is 2. The van der Waals surface area contributed by atoms with Gasteiger partial charge in [0.15, 0.2) is 5.78 Å². The first kappa shape index (κ1) is 22.6. The summed E-state index contributed by atoms with van der Waals surface area (Å²) in [6.45, 7) is 2.48. The van der Waals surface area contributed by atoms with Crippen LogP contribution in [0.5, 0.6) is 0 Å². The first-order valence-electron chi connectivity index (χ1n) is 10.7. The molecular weight excluding hydrogens is 434 g/mol. The number of ether oxygens (including phenoxy) is 1. The average Bonchev–Trinajstić information content (AvgIpc) is 3.56. The Morgan fingerprint density at radius 2 is 2.06 bits per heavy atom. The quantitative estimate of drug-likeness (QED) is 0.596. The molecule has 8 nitrogen and oxygen atoms in total.